The van der Waals surface area contributed by atoms with E-state index in [0.29, 0.717) is 5.02 Å². The first-order valence-corrected chi connectivity index (χ1v) is 10.2. The molecule has 0 fully saturated rings. The van der Waals surface area contributed by atoms with E-state index in [1.165, 1.54) is 34.0 Å². The highest BCUT2D eigenvalue weighted by atomic mass is 35.5. The Morgan fingerprint density at radius 1 is 1.03 bits per heavy atom. The van der Waals surface area contributed by atoms with Gasteiger partial charge in [-0.15, -0.1) is 0 Å². The highest BCUT2D eigenvalue weighted by molar-refractivity contribution is 6.30. The van der Waals surface area contributed by atoms with E-state index in [4.69, 9.17) is 17.3 Å². The van der Waals surface area contributed by atoms with E-state index in [-0.39, 0.29) is 0 Å². The van der Waals surface area contributed by atoms with Crippen LogP contribution in [0.15, 0.2) is 102 Å². The number of nitrogens with two attached hydrogens (primary N) is 1. The van der Waals surface area contributed by atoms with Crippen molar-refractivity contribution < 1.29 is 0 Å². The van der Waals surface area contributed by atoms with Crippen molar-refractivity contribution in [3.05, 3.63) is 107 Å². The summed E-state index contributed by atoms with van der Waals surface area (Å²) >= 11 is 5.63. The molecule has 4 rings (SSSR count). The van der Waals surface area contributed by atoms with E-state index in [1.807, 2.05) is 0 Å². The van der Waals surface area contributed by atoms with Gasteiger partial charge in [-0.25, -0.2) is 4.99 Å². The first-order chi connectivity index (χ1) is 14.6. The quantitative estimate of drug-likeness (QED) is 0.363. The summed E-state index contributed by atoms with van der Waals surface area (Å²) in [6, 6.07) is 16.0. The number of fused-ring (bicyclic) bond motifs is 1. The van der Waals surface area contributed by atoms with Crippen LogP contribution in [0.1, 0.15) is 18.9 Å². The molecule has 4 heteroatoms. The van der Waals surface area contributed by atoms with Crippen molar-refractivity contribution in [3.8, 4) is 0 Å². The number of halogens is 1. The number of aromatic nitrogens is 1. The summed E-state index contributed by atoms with van der Waals surface area (Å²) in [6.07, 6.45) is 17.5. The van der Waals surface area contributed by atoms with Gasteiger partial charge in [-0.1, -0.05) is 54.1 Å². The largest absolute Gasteiger partial charge is 0.390 e. The Hall–Kier alpha value is -3.30. The number of benzene rings is 2. The molecule has 1 aliphatic rings. The maximum absolute atomic E-state index is 5.63. The Labute approximate surface area is 183 Å². The van der Waals surface area contributed by atoms with E-state index >= 15 is 0 Å². The highest BCUT2D eigenvalue weighted by Crippen LogP contribution is 2.25. The molecule has 1 heterocycles. The van der Waals surface area contributed by atoms with Crippen molar-refractivity contribution in [1.82, 2.24) is 4.57 Å². The van der Waals surface area contributed by atoms with Crippen LogP contribution in [0.3, 0.4) is 0 Å². The normalized spacial score (nSPS) is 13.8. The second kappa shape index (κ2) is 10.5. The Morgan fingerprint density at radius 2 is 1.83 bits per heavy atom. The summed E-state index contributed by atoms with van der Waals surface area (Å²) in [5.41, 5.74) is 11.0. The number of hydrogen-bond acceptors (Lipinski definition) is 1. The van der Waals surface area contributed by atoms with Crippen molar-refractivity contribution in [2.45, 2.75) is 13.3 Å². The zero-order valence-electron chi connectivity index (χ0n) is 17.3. The second-order valence-electron chi connectivity index (χ2n) is 6.89. The van der Waals surface area contributed by atoms with Crippen LogP contribution >= 0.6 is 11.6 Å². The molecular weight excluding hydrogens is 390 g/mol. The lowest BCUT2D eigenvalue weighted by Gasteiger charge is -2.03. The lowest BCUT2D eigenvalue weighted by molar-refractivity contribution is 0.969. The van der Waals surface area contributed by atoms with E-state index in [9.17, 15) is 0 Å². The van der Waals surface area contributed by atoms with E-state index < -0.39 is 0 Å². The van der Waals surface area contributed by atoms with Crippen LogP contribution in [0.25, 0.3) is 16.5 Å². The molecule has 30 heavy (non-hydrogen) atoms. The third-order valence-electron chi connectivity index (χ3n) is 4.77. The van der Waals surface area contributed by atoms with Crippen molar-refractivity contribution in [3.63, 3.8) is 0 Å². The molecule has 0 saturated heterocycles. The van der Waals surface area contributed by atoms with Gasteiger partial charge in [-0.05, 0) is 72.5 Å². The van der Waals surface area contributed by atoms with Crippen molar-refractivity contribution in [2.24, 2.45) is 17.8 Å². The number of aliphatic imine (C=N–C) groups is 1. The average Bonchev–Trinajstić information content (AvgIpc) is 2.96. The number of aryl methyl sites for hydroxylation is 1. The van der Waals surface area contributed by atoms with Gasteiger partial charge in [0.25, 0.3) is 0 Å². The first-order valence-electron chi connectivity index (χ1n) is 9.87. The molecule has 0 amide bonds. The molecule has 0 bridgehead atoms. The minimum absolute atomic E-state index is 0.705. The monoisotopic (exact) mass is 415 g/mol. The fraction of sp³-hybridized carbons (Fsp3) is 0.115. The lowest BCUT2D eigenvalue weighted by Crippen LogP contribution is -1.85. The van der Waals surface area contributed by atoms with Crippen LogP contribution in [-0.2, 0) is 7.05 Å². The Morgan fingerprint density at radius 3 is 2.57 bits per heavy atom. The summed E-state index contributed by atoms with van der Waals surface area (Å²) in [5, 5.41) is 2.00. The van der Waals surface area contributed by atoms with Crippen molar-refractivity contribution in [2.75, 3.05) is 0 Å². The van der Waals surface area contributed by atoms with Crippen LogP contribution in [-0.4, -0.2) is 10.9 Å². The lowest BCUT2D eigenvalue weighted by atomic mass is 10.0. The molecule has 0 atom stereocenters. The summed E-state index contributed by atoms with van der Waals surface area (Å²) in [6.45, 7) is 2.05. The van der Waals surface area contributed by atoms with E-state index in [1.54, 1.807) is 24.3 Å². The molecule has 3 nitrogen and oxygen atoms in total. The third kappa shape index (κ3) is 5.62. The van der Waals surface area contributed by atoms with Gasteiger partial charge < -0.3 is 10.3 Å². The maximum Gasteiger partial charge on any atom is 0.0860 e. The molecule has 2 N–H and O–H groups in total. The molecule has 3 aromatic rings. The van der Waals surface area contributed by atoms with Gasteiger partial charge >= 0.3 is 0 Å². The zero-order chi connectivity index (χ0) is 21.3. The average molecular weight is 416 g/mol. The molecule has 0 radical (unpaired) electrons. The van der Waals surface area contributed by atoms with Crippen molar-refractivity contribution in [1.29, 1.82) is 0 Å². The first kappa shape index (κ1) is 21.4. The summed E-state index contributed by atoms with van der Waals surface area (Å²) < 4.78 is 2.15. The van der Waals surface area contributed by atoms with Crippen LogP contribution in [0.4, 0.5) is 5.69 Å². The fourth-order valence-corrected chi connectivity index (χ4v) is 3.37. The number of hydrogen-bond donors (Lipinski definition) is 1. The summed E-state index contributed by atoms with van der Waals surface area (Å²) in [7, 11) is 2.08. The molecule has 0 spiro atoms. The fourth-order valence-electron chi connectivity index (χ4n) is 3.25. The predicted octanol–water partition coefficient (Wildman–Crippen LogP) is 6.98. The Kier molecular flexibility index (Phi) is 7.47. The number of allylic oxidation sites excluding steroid dienone is 8. The third-order valence-corrected chi connectivity index (χ3v) is 5.03. The number of nitrogens with zero attached hydrogens (tertiary/aromatic N) is 2. The Balaban J connectivity index is 0.000000216. The van der Waals surface area contributed by atoms with Gasteiger partial charge in [0.15, 0.2) is 0 Å². The standard InChI is InChI=1S/C19H19N.C7H7ClN2/c1-3-5-15-6-4-7-16(9-8-15)17-10-11-19-18(14-17)12-13-20(19)2;8-6-1-3-7(4-2-6)10-5-9/h3,5-14H,4H2,1-2H3;1-5H,(H2,9,10)/b5-3+;. The maximum atomic E-state index is 5.63. The smallest absolute Gasteiger partial charge is 0.0860 e. The van der Waals surface area contributed by atoms with Crippen LogP contribution < -0.4 is 5.73 Å². The minimum atomic E-state index is 0.705. The molecule has 2 aromatic carbocycles. The topological polar surface area (TPSA) is 43.3 Å². The van der Waals surface area contributed by atoms with Crippen LogP contribution in [0, 0.1) is 0 Å². The molecule has 152 valence electrons. The molecule has 1 aliphatic carbocycles. The zero-order valence-corrected chi connectivity index (χ0v) is 18.1. The van der Waals surface area contributed by atoms with E-state index in [0.717, 1.165) is 12.1 Å². The molecule has 0 aliphatic heterocycles. The highest BCUT2D eigenvalue weighted by Gasteiger charge is 2.04. The molecular formula is C26H26ClN3. The van der Waals surface area contributed by atoms with Gasteiger partial charge in [0.05, 0.1) is 12.0 Å². The minimum Gasteiger partial charge on any atom is -0.390 e. The molecule has 1 aromatic heterocycles. The van der Waals surface area contributed by atoms with Gasteiger partial charge in [0, 0.05) is 29.2 Å². The second-order valence-corrected chi connectivity index (χ2v) is 7.32. The number of rotatable bonds is 3. The van der Waals surface area contributed by atoms with Crippen molar-refractivity contribution >= 4 is 40.1 Å². The Bertz CT molecular complexity index is 1140. The van der Waals surface area contributed by atoms with Gasteiger partial charge in [-0.2, -0.15) is 0 Å². The predicted molar refractivity (Wildman–Crippen MR) is 131 cm³/mol. The van der Waals surface area contributed by atoms with Gasteiger partial charge in [0.2, 0.25) is 0 Å². The van der Waals surface area contributed by atoms with E-state index in [2.05, 4.69) is 90.4 Å². The van der Waals surface area contributed by atoms with Crippen LogP contribution in [0.5, 0.6) is 0 Å². The molecule has 0 saturated carbocycles. The summed E-state index contributed by atoms with van der Waals surface area (Å²) in [5.74, 6) is 0. The summed E-state index contributed by atoms with van der Waals surface area (Å²) in [4.78, 5) is 3.84. The van der Waals surface area contributed by atoms with Crippen LogP contribution in [0.2, 0.25) is 5.02 Å². The SMILES string of the molecule is C/C=C/C1=CCC=C(c2ccc3c(ccn3C)c2)C=C1.NC=Nc1ccc(Cl)cc1. The van der Waals surface area contributed by atoms with Gasteiger partial charge in [-0.3, -0.25) is 0 Å². The van der Waals surface area contributed by atoms with Gasteiger partial charge in [0.1, 0.15) is 0 Å². The molecule has 0 unspecified atom stereocenters.